The lowest BCUT2D eigenvalue weighted by molar-refractivity contribution is 0.00189. The van der Waals surface area contributed by atoms with E-state index in [-0.39, 0.29) is 19.0 Å². The molecule has 0 saturated carbocycles. The predicted molar refractivity (Wildman–Crippen MR) is 54.8 cm³/mol. The molecule has 0 aliphatic carbocycles. The highest BCUT2D eigenvalue weighted by Crippen LogP contribution is 2.23. The maximum atomic E-state index is 11.5. The van der Waals surface area contributed by atoms with Crippen molar-refractivity contribution >= 4 is 5.82 Å². The Labute approximate surface area is 91.1 Å². The van der Waals surface area contributed by atoms with Gasteiger partial charge in [0.2, 0.25) is 0 Å². The molecule has 7 nitrogen and oxygen atoms in total. The first-order valence-electron chi connectivity index (χ1n) is 4.88. The van der Waals surface area contributed by atoms with Crippen molar-refractivity contribution in [3.63, 3.8) is 0 Å². The van der Waals surface area contributed by atoms with Crippen LogP contribution in [0.4, 0.5) is 5.82 Å². The molecule has 7 heteroatoms. The van der Waals surface area contributed by atoms with Gasteiger partial charge in [0.15, 0.2) is 0 Å². The Kier molecular flexibility index (Phi) is 2.90. The standard InChI is InChI=1S/C9H13N3O4/c10-7-1-2-12(9(15)11-7)5-4-16-6(3-13)8(5)14/h1-2,5-6,8,13-14H,3-4H2,(H2,10,11,15)/t5-,6-,8+/m1/s1. The van der Waals surface area contributed by atoms with Crippen LogP contribution in [0, 0.1) is 0 Å². The van der Waals surface area contributed by atoms with Crippen molar-refractivity contribution in [2.45, 2.75) is 18.2 Å². The van der Waals surface area contributed by atoms with Crippen LogP contribution < -0.4 is 11.4 Å². The summed E-state index contributed by atoms with van der Waals surface area (Å²) in [5.74, 6) is 0.133. The fraction of sp³-hybridized carbons (Fsp3) is 0.556. The molecule has 3 atom stereocenters. The normalized spacial score (nSPS) is 29.5. The van der Waals surface area contributed by atoms with E-state index in [1.807, 2.05) is 0 Å². The first-order valence-corrected chi connectivity index (χ1v) is 4.88. The van der Waals surface area contributed by atoms with Gasteiger partial charge in [-0.05, 0) is 6.07 Å². The van der Waals surface area contributed by atoms with Gasteiger partial charge in [-0.3, -0.25) is 4.57 Å². The van der Waals surface area contributed by atoms with Gasteiger partial charge in [0, 0.05) is 6.20 Å². The van der Waals surface area contributed by atoms with Crippen molar-refractivity contribution in [3.8, 4) is 0 Å². The van der Waals surface area contributed by atoms with E-state index in [9.17, 15) is 9.90 Å². The van der Waals surface area contributed by atoms with Crippen LogP contribution in [-0.4, -0.2) is 45.2 Å². The van der Waals surface area contributed by atoms with Gasteiger partial charge in [0.1, 0.15) is 18.0 Å². The molecule has 0 unspecified atom stereocenters. The zero-order valence-electron chi connectivity index (χ0n) is 8.48. The molecule has 16 heavy (non-hydrogen) atoms. The Hall–Kier alpha value is -1.44. The number of anilines is 1. The molecular weight excluding hydrogens is 214 g/mol. The van der Waals surface area contributed by atoms with Crippen molar-refractivity contribution in [1.29, 1.82) is 0 Å². The van der Waals surface area contributed by atoms with Crippen LogP contribution >= 0.6 is 0 Å². The van der Waals surface area contributed by atoms with Crippen LogP contribution in [0.15, 0.2) is 17.1 Å². The van der Waals surface area contributed by atoms with Crippen molar-refractivity contribution < 1.29 is 14.9 Å². The van der Waals surface area contributed by atoms with Crippen LogP contribution in [0.5, 0.6) is 0 Å². The van der Waals surface area contributed by atoms with Crippen molar-refractivity contribution in [2.24, 2.45) is 0 Å². The summed E-state index contributed by atoms with van der Waals surface area (Å²) in [6.07, 6.45) is -0.121. The molecule has 0 bridgehead atoms. The van der Waals surface area contributed by atoms with Crippen LogP contribution in [0.25, 0.3) is 0 Å². The fourth-order valence-electron chi connectivity index (χ4n) is 1.75. The molecule has 1 aliphatic heterocycles. The minimum absolute atomic E-state index is 0.133. The van der Waals surface area contributed by atoms with E-state index in [4.69, 9.17) is 15.6 Å². The molecule has 1 aromatic rings. The van der Waals surface area contributed by atoms with Gasteiger partial charge in [0.25, 0.3) is 0 Å². The third-order valence-electron chi connectivity index (χ3n) is 2.64. The lowest BCUT2D eigenvalue weighted by Gasteiger charge is -2.17. The zero-order valence-corrected chi connectivity index (χ0v) is 8.48. The molecule has 2 heterocycles. The quantitative estimate of drug-likeness (QED) is 0.545. The smallest absolute Gasteiger partial charge is 0.349 e. The molecule has 0 aromatic carbocycles. The van der Waals surface area contributed by atoms with E-state index >= 15 is 0 Å². The van der Waals surface area contributed by atoms with Crippen LogP contribution in [0.1, 0.15) is 6.04 Å². The minimum atomic E-state index is -0.923. The Morgan fingerprint density at radius 2 is 2.44 bits per heavy atom. The molecule has 1 aromatic heterocycles. The third-order valence-corrected chi connectivity index (χ3v) is 2.64. The molecule has 0 amide bonds. The molecule has 1 aliphatic rings. The van der Waals surface area contributed by atoms with Gasteiger partial charge in [0.05, 0.1) is 19.3 Å². The fourth-order valence-corrected chi connectivity index (χ4v) is 1.75. The topological polar surface area (TPSA) is 111 Å². The predicted octanol–water partition coefficient (Wildman–Crippen LogP) is -1.88. The Morgan fingerprint density at radius 3 is 3.00 bits per heavy atom. The molecule has 2 rings (SSSR count). The number of aliphatic hydroxyl groups excluding tert-OH is 2. The molecule has 0 radical (unpaired) electrons. The number of nitrogen functional groups attached to an aromatic ring is 1. The average molecular weight is 227 g/mol. The minimum Gasteiger partial charge on any atom is -0.394 e. The summed E-state index contributed by atoms with van der Waals surface area (Å²) in [7, 11) is 0. The number of nitrogens with two attached hydrogens (primary N) is 1. The Bertz CT molecular complexity index is 433. The SMILES string of the molecule is Nc1ccn([C@@H]2CO[C@H](CO)[C@H]2O)c(=O)n1. The highest BCUT2D eigenvalue weighted by Gasteiger charge is 2.37. The van der Waals surface area contributed by atoms with Crippen LogP contribution in [0.2, 0.25) is 0 Å². The molecule has 1 fully saturated rings. The maximum absolute atomic E-state index is 11.5. The average Bonchev–Trinajstić information content (AvgIpc) is 2.60. The highest BCUT2D eigenvalue weighted by molar-refractivity contribution is 5.23. The van der Waals surface area contributed by atoms with Crippen LogP contribution in [0.3, 0.4) is 0 Å². The first kappa shape index (κ1) is 11.1. The summed E-state index contributed by atoms with van der Waals surface area (Å²) >= 11 is 0. The van der Waals surface area contributed by atoms with Gasteiger partial charge in [-0.25, -0.2) is 4.79 Å². The molecule has 0 spiro atoms. The number of hydrogen-bond donors (Lipinski definition) is 3. The third kappa shape index (κ3) is 1.80. The second-order valence-electron chi connectivity index (χ2n) is 3.65. The van der Waals surface area contributed by atoms with E-state index in [0.29, 0.717) is 0 Å². The Balaban J connectivity index is 2.29. The monoisotopic (exact) mass is 227 g/mol. The number of aliphatic hydroxyl groups is 2. The summed E-state index contributed by atoms with van der Waals surface area (Å²) in [5.41, 5.74) is 4.82. The molecule has 1 saturated heterocycles. The summed E-state index contributed by atoms with van der Waals surface area (Å²) in [5, 5.41) is 18.7. The lowest BCUT2D eigenvalue weighted by Crippen LogP contribution is -2.36. The second-order valence-corrected chi connectivity index (χ2v) is 3.65. The van der Waals surface area contributed by atoms with Gasteiger partial charge >= 0.3 is 5.69 Å². The van der Waals surface area contributed by atoms with Crippen molar-refractivity contribution in [1.82, 2.24) is 9.55 Å². The first-order chi connectivity index (χ1) is 7.63. The van der Waals surface area contributed by atoms with Gasteiger partial charge < -0.3 is 20.7 Å². The highest BCUT2D eigenvalue weighted by atomic mass is 16.5. The summed E-state index contributed by atoms with van der Waals surface area (Å²) in [4.78, 5) is 15.1. The summed E-state index contributed by atoms with van der Waals surface area (Å²) in [6, 6.07) is 0.943. The second kappa shape index (κ2) is 4.20. The van der Waals surface area contributed by atoms with Crippen molar-refractivity contribution in [3.05, 3.63) is 22.7 Å². The van der Waals surface area contributed by atoms with E-state index in [0.717, 1.165) is 0 Å². The van der Waals surface area contributed by atoms with E-state index in [1.165, 1.54) is 16.8 Å². The number of aromatic nitrogens is 2. The molecule has 4 N–H and O–H groups in total. The van der Waals surface area contributed by atoms with E-state index in [1.54, 1.807) is 0 Å². The van der Waals surface area contributed by atoms with E-state index < -0.39 is 23.9 Å². The Morgan fingerprint density at radius 1 is 1.69 bits per heavy atom. The number of rotatable bonds is 2. The lowest BCUT2D eigenvalue weighted by atomic mass is 10.1. The zero-order chi connectivity index (χ0) is 11.7. The van der Waals surface area contributed by atoms with E-state index in [2.05, 4.69) is 4.98 Å². The molecule has 88 valence electrons. The van der Waals surface area contributed by atoms with Gasteiger partial charge in [-0.1, -0.05) is 0 Å². The number of nitrogens with zero attached hydrogens (tertiary/aromatic N) is 2. The largest absolute Gasteiger partial charge is 0.394 e. The number of ether oxygens (including phenoxy) is 1. The molecular formula is C9H13N3O4. The number of hydrogen-bond acceptors (Lipinski definition) is 6. The summed E-state index contributed by atoms with van der Waals surface area (Å²) < 4.78 is 6.41. The maximum Gasteiger partial charge on any atom is 0.349 e. The van der Waals surface area contributed by atoms with Crippen molar-refractivity contribution in [2.75, 3.05) is 18.9 Å². The van der Waals surface area contributed by atoms with Crippen LogP contribution in [-0.2, 0) is 4.74 Å². The van der Waals surface area contributed by atoms with Gasteiger partial charge in [-0.15, -0.1) is 0 Å². The van der Waals surface area contributed by atoms with Gasteiger partial charge in [-0.2, -0.15) is 4.98 Å². The summed E-state index contributed by atoms with van der Waals surface area (Å²) in [6.45, 7) is -0.118.